The van der Waals surface area contributed by atoms with E-state index in [4.69, 9.17) is 4.74 Å². The molecule has 1 aromatic rings. The number of alkyl halides is 3. The molecule has 0 aliphatic heterocycles. The fourth-order valence-electron chi connectivity index (χ4n) is 1.34. The molecule has 0 aliphatic rings. The van der Waals surface area contributed by atoms with Gasteiger partial charge in [-0.2, -0.15) is 0 Å². The number of rotatable bonds is 7. The monoisotopic (exact) mass is 330 g/mol. The quantitative estimate of drug-likeness (QED) is 0.437. The highest BCUT2D eigenvalue weighted by Gasteiger charge is 2.30. The van der Waals surface area contributed by atoms with Gasteiger partial charge in [-0.3, -0.25) is 0 Å². The van der Waals surface area contributed by atoms with Crippen molar-refractivity contribution in [2.75, 3.05) is 13.2 Å². The Morgan fingerprint density at radius 3 is 2.13 bits per heavy atom. The fourth-order valence-corrected chi connectivity index (χ4v) is 1.34. The van der Waals surface area contributed by atoms with Crippen molar-refractivity contribution in [3.63, 3.8) is 0 Å². The summed E-state index contributed by atoms with van der Waals surface area (Å²) in [5.41, 5.74) is 0.481. The largest absolute Gasteiger partial charge is 0.573 e. The first kappa shape index (κ1) is 18.3. The van der Waals surface area contributed by atoms with Crippen LogP contribution in [0, 0.1) is 0 Å². The van der Waals surface area contributed by atoms with Crippen LogP contribution in [-0.4, -0.2) is 31.5 Å². The van der Waals surface area contributed by atoms with Gasteiger partial charge in [-0.25, -0.2) is 9.59 Å². The molecule has 1 aromatic carbocycles. The second-order valence-corrected chi connectivity index (χ2v) is 3.99. The fraction of sp³-hybridized carbons (Fsp3) is 0.200. The third kappa shape index (κ3) is 8.30. The normalized spacial score (nSPS) is 11.1. The maximum absolute atomic E-state index is 12.0. The summed E-state index contributed by atoms with van der Waals surface area (Å²) in [5.74, 6) is -1.67. The van der Waals surface area contributed by atoms with Gasteiger partial charge in [0.2, 0.25) is 0 Å². The first-order chi connectivity index (χ1) is 10.8. The van der Waals surface area contributed by atoms with Gasteiger partial charge in [0.25, 0.3) is 0 Å². The molecule has 0 heterocycles. The van der Waals surface area contributed by atoms with E-state index in [1.54, 1.807) is 0 Å². The molecule has 8 heteroatoms. The van der Waals surface area contributed by atoms with E-state index in [0.29, 0.717) is 5.56 Å². The summed E-state index contributed by atoms with van der Waals surface area (Å²) in [6, 6.07) is 4.92. The molecule has 0 saturated carbocycles. The Hall–Kier alpha value is -2.77. The molecule has 23 heavy (non-hydrogen) atoms. The summed E-state index contributed by atoms with van der Waals surface area (Å²) in [6.07, 6.45) is -1.32. The maximum atomic E-state index is 12.0. The Bertz CT molecular complexity index is 576. The van der Waals surface area contributed by atoms with Crippen LogP contribution >= 0.6 is 0 Å². The van der Waals surface area contributed by atoms with Crippen molar-refractivity contribution in [3.8, 4) is 5.75 Å². The summed E-state index contributed by atoms with van der Waals surface area (Å²) in [4.78, 5) is 22.0. The minimum atomic E-state index is -4.75. The van der Waals surface area contributed by atoms with Crippen LogP contribution in [0.3, 0.4) is 0 Å². The van der Waals surface area contributed by atoms with Crippen molar-refractivity contribution >= 4 is 18.0 Å². The van der Waals surface area contributed by atoms with Gasteiger partial charge in [0.15, 0.2) is 0 Å². The molecule has 1 rings (SSSR count). The molecule has 0 amide bonds. The Morgan fingerprint density at radius 2 is 1.61 bits per heavy atom. The van der Waals surface area contributed by atoms with Crippen molar-refractivity contribution in [3.05, 3.63) is 48.6 Å². The van der Waals surface area contributed by atoms with Crippen LogP contribution in [0.5, 0.6) is 5.75 Å². The van der Waals surface area contributed by atoms with Gasteiger partial charge in [0.05, 0.1) is 0 Å². The van der Waals surface area contributed by atoms with Gasteiger partial charge in [-0.05, 0) is 23.8 Å². The van der Waals surface area contributed by atoms with E-state index in [9.17, 15) is 22.8 Å². The lowest BCUT2D eigenvalue weighted by molar-refractivity contribution is -0.274. The SMILES string of the molecule is C=CC(=O)OCCOC(=O)/C=C/c1ccc(OC(F)(F)F)cc1. The Labute approximate surface area is 129 Å². The van der Waals surface area contributed by atoms with E-state index in [1.807, 2.05) is 0 Å². The van der Waals surface area contributed by atoms with Gasteiger partial charge < -0.3 is 14.2 Å². The van der Waals surface area contributed by atoms with E-state index in [1.165, 1.54) is 18.2 Å². The molecule has 0 N–H and O–H groups in total. The molecule has 0 fully saturated rings. The molecule has 0 bridgehead atoms. The Kier molecular flexibility index (Phi) is 6.85. The average Bonchev–Trinajstić information content (AvgIpc) is 2.49. The number of carbonyl (C=O) groups is 2. The number of carbonyl (C=O) groups excluding carboxylic acids is 2. The average molecular weight is 330 g/mol. The van der Waals surface area contributed by atoms with Crippen molar-refractivity contribution in [2.45, 2.75) is 6.36 Å². The van der Waals surface area contributed by atoms with E-state index >= 15 is 0 Å². The molecule has 0 aromatic heterocycles. The number of esters is 2. The van der Waals surface area contributed by atoms with Crippen molar-refractivity contribution in [2.24, 2.45) is 0 Å². The lowest BCUT2D eigenvalue weighted by Crippen LogP contribution is -2.16. The van der Waals surface area contributed by atoms with Gasteiger partial charge >= 0.3 is 18.3 Å². The molecular weight excluding hydrogens is 317 g/mol. The second-order valence-electron chi connectivity index (χ2n) is 3.99. The lowest BCUT2D eigenvalue weighted by Gasteiger charge is -2.08. The maximum Gasteiger partial charge on any atom is 0.573 e. The predicted octanol–water partition coefficient (Wildman–Crippen LogP) is 2.87. The topological polar surface area (TPSA) is 61.8 Å². The van der Waals surface area contributed by atoms with Crippen molar-refractivity contribution < 1.29 is 37.0 Å². The number of halogens is 3. The smallest absolute Gasteiger partial charge is 0.459 e. The summed E-state index contributed by atoms with van der Waals surface area (Å²) in [7, 11) is 0. The second kappa shape index (κ2) is 8.62. The van der Waals surface area contributed by atoms with E-state index < -0.39 is 18.3 Å². The van der Waals surface area contributed by atoms with Crippen LogP contribution in [-0.2, 0) is 19.1 Å². The van der Waals surface area contributed by atoms with Crippen LogP contribution in [0.15, 0.2) is 43.0 Å². The van der Waals surface area contributed by atoms with Crippen LogP contribution in [0.2, 0.25) is 0 Å². The van der Waals surface area contributed by atoms with Crippen molar-refractivity contribution in [1.29, 1.82) is 0 Å². The number of hydrogen-bond acceptors (Lipinski definition) is 5. The lowest BCUT2D eigenvalue weighted by atomic mass is 10.2. The van der Waals surface area contributed by atoms with Gasteiger partial charge in [-0.15, -0.1) is 13.2 Å². The van der Waals surface area contributed by atoms with Gasteiger partial charge in [0, 0.05) is 12.2 Å². The molecule has 0 radical (unpaired) electrons. The summed E-state index contributed by atoms with van der Waals surface area (Å²) in [5, 5.41) is 0. The minimum Gasteiger partial charge on any atom is -0.459 e. The highest BCUT2D eigenvalue weighted by atomic mass is 19.4. The van der Waals surface area contributed by atoms with Crippen LogP contribution in [0.1, 0.15) is 5.56 Å². The van der Waals surface area contributed by atoms with Gasteiger partial charge in [-0.1, -0.05) is 18.7 Å². The number of hydrogen-bond donors (Lipinski definition) is 0. The summed E-state index contributed by atoms with van der Waals surface area (Å²) in [6.45, 7) is 2.97. The number of benzene rings is 1. The zero-order chi connectivity index (χ0) is 17.3. The Balaban J connectivity index is 2.40. The summed E-state index contributed by atoms with van der Waals surface area (Å²) < 4.78 is 49.0. The molecule has 0 unspecified atom stereocenters. The molecular formula is C15H13F3O5. The highest BCUT2D eigenvalue weighted by molar-refractivity contribution is 5.87. The molecule has 0 spiro atoms. The molecule has 5 nitrogen and oxygen atoms in total. The van der Waals surface area contributed by atoms with E-state index in [2.05, 4.69) is 16.1 Å². The minimum absolute atomic E-state index is 0.103. The third-order valence-electron chi connectivity index (χ3n) is 2.26. The molecule has 0 aliphatic carbocycles. The van der Waals surface area contributed by atoms with E-state index in [-0.39, 0.29) is 19.0 Å². The molecule has 0 atom stereocenters. The van der Waals surface area contributed by atoms with Crippen LogP contribution in [0.25, 0.3) is 6.08 Å². The zero-order valence-corrected chi connectivity index (χ0v) is 11.8. The molecule has 0 saturated heterocycles. The van der Waals surface area contributed by atoms with Crippen LogP contribution in [0.4, 0.5) is 13.2 Å². The first-order valence-electron chi connectivity index (χ1n) is 6.30. The highest BCUT2D eigenvalue weighted by Crippen LogP contribution is 2.22. The predicted molar refractivity (Wildman–Crippen MR) is 74.3 cm³/mol. The van der Waals surface area contributed by atoms with Gasteiger partial charge in [0.1, 0.15) is 19.0 Å². The zero-order valence-electron chi connectivity index (χ0n) is 11.8. The summed E-state index contributed by atoms with van der Waals surface area (Å²) >= 11 is 0. The van der Waals surface area contributed by atoms with Crippen molar-refractivity contribution in [1.82, 2.24) is 0 Å². The van der Waals surface area contributed by atoms with E-state index in [0.717, 1.165) is 24.3 Å². The number of ether oxygens (including phenoxy) is 3. The third-order valence-corrected chi connectivity index (χ3v) is 2.26. The van der Waals surface area contributed by atoms with Crippen LogP contribution < -0.4 is 4.74 Å². The molecule has 124 valence electrons. The Morgan fingerprint density at radius 1 is 1.04 bits per heavy atom. The first-order valence-corrected chi connectivity index (χ1v) is 6.30. The standard InChI is InChI=1S/C15H13F3O5/c1-2-13(19)21-9-10-22-14(20)8-5-11-3-6-12(7-4-11)23-15(16,17)18/h2-8H,1,9-10H2/b8-5+.